The molecule has 1 saturated heterocycles. The molecule has 1 amide bonds. The van der Waals surface area contributed by atoms with Gasteiger partial charge in [0.15, 0.2) is 0 Å². The zero-order valence-corrected chi connectivity index (χ0v) is 19.7. The highest BCUT2D eigenvalue weighted by atomic mass is 35.5. The van der Waals surface area contributed by atoms with Crippen LogP contribution < -0.4 is 10.2 Å². The van der Waals surface area contributed by atoms with Gasteiger partial charge in [-0.05, 0) is 42.8 Å². The molecule has 2 aromatic rings. The van der Waals surface area contributed by atoms with E-state index < -0.39 is 10.0 Å². The van der Waals surface area contributed by atoms with E-state index in [-0.39, 0.29) is 21.4 Å². The average Bonchev–Trinajstić information content (AvgIpc) is 2.74. The number of hydrogen-bond donors (Lipinski definition) is 1. The van der Waals surface area contributed by atoms with E-state index in [1.54, 1.807) is 0 Å². The standard InChI is InChI=1S/C22H29ClN4O3S/c1-17-5-4-6-18(15-17)27-13-11-26(12-14-27)10-9-24-22(28)20-16-19(7-8-21(20)23)31(29,30)25(2)3/h4-8,15-16H,9-14H2,1-3H3,(H,24,28). The highest BCUT2D eigenvalue weighted by Gasteiger charge is 2.21. The van der Waals surface area contributed by atoms with Crippen LogP contribution >= 0.6 is 11.6 Å². The van der Waals surface area contributed by atoms with E-state index in [4.69, 9.17) is 11.6 Å². The van der Waals surface area contributed by atoms with Crippen LogP contribution in [0.4, 0.5) is 5.69 Å². The zero-order valence-electron chi connectivity index (χ0n) is 18.1. The van der Waals surface area contributed by atoms with Crippen molar-refractivity contribution in [2.24, 2.45) is 0 Å². The number of sulfonamides is 1. The van der Waals surface area contributed by atoms with E-state index in [2.05, 4.69) is 46.3 Å². The van der Waals surface area contributed by atoms with Crippen molar-refractivity contribution in [2.75, 3.05) is 58.3 Å². The number of benzene rings is 2. The first-order valence-corrected chi connectivity index (χ1v) is 12.0. The molecule has 0 saturated carbocycles. The van der Waals surface area contributed by atoms with Crippen LogP contribution in [0.25, 0.3) is 0 Å². The van der Waals surface area contributed by atoms with Gasteiger partial charge in [-0.3, -0.25) is 9.69 Å². The number of anilines is 1. The van der Waals surface area contributed by atoms with E-state index in [1.165, 1.54) is 43.5 Å². The molecule has 2 aromatic carbocycles. The minimum atomic E-state index is -3.64. The summed E-state index contributed by atoms with van der Waals surface area (Å²) in [5.41, 5.74) is 2.66. The second-order valence-electron chi connectivity index (χ2n) is 7.85. The maximum atomic E-state index is 12.6. The number of rotatable bonds is 7. The van der Waals surface area contributed by atoms with Gasteiger partial charge in [0.2, 0.25) is 10.0 Å². The first kappa shape index (κ1) is 23.5. The van der Waals surface area contributed by atoms with Crippen molar-refractivity contribution >= 4 is 33.2 Å². The summed E-state index contributed by atoms with van der Waals surface area (Å²) >= 11 is 6.15. The van der Waals surface area contributed by atoms with Crippen molar-refractivity contribution in [3.05, 3.63) is 58.6 Å². The Morgan fingerprint density at radius 3 is 2.45 bits per heavy atom. The topological polar surface area (TPSA) is 73.0 Å². The van der Waals surface area contributed by atoms with E-state index in [0.717, 1.165) is 37.0 Å². The van der Waals surface area contributed by atoms with Gasteiger partial charge in [0, 0.05) is 59.1 Å². The molecule has 168 valence electrons. The van der Waals surface area contributed by atoms with Gasteiger partial charge >= 0.3 is 0 Å². The molecule has 0 aromatic heterocycles. The number of carbonyl (C=O) groups is 1. The fourth-order valence-corrected chi connectivity index (χ4v) is 4.66. The molecule has 3 rings (SSSR count). The smallest absolute Gasteiger partial charge is 0.252 e. The monoisotopic (exact) mass is 464 g/mol. The molecule has 1 aliphatic heterocycles. The Labute approximate surface area is 189 Å². The Hall–Kier alpha value is -2.13. The molecule has 1 heterocycles. The lowest BCUT2D eigenvalue weighted by Gasteiger charge is -2.36. The minimum absolute atomic E-state index is 0.0410. The van der Waals surface area contributed by atoms with Gasteiger partial charge in [0.1, 0.15) is 0 Å². The van der Waals surface area contributed by atoms with Gasteiger partial charge in [-0.15, -0.1) is 0 Å². The van der Waals surface area contributed by atoms with Crippen molar-refractivity contribution < 1.29 is 13.2 Å². The number of amides is 1. The summed E-state index contributed by atoms with van der Waals surface area (Å²) in [6.07, 6.45) is 0. The third-order valence-corrected chi connectivity index (χ3v) is 7.55. The molecule has 9 heteroatoms. The number of nitrogens with one attached hydrogen (secondary N) is 1. The van der Waals surface area contributed by atoms with E-state index >= 15 is 0 Å². The Morgan fingerprint density at radius 2 is 1.81 bits per heavy atom. The highest BCUT2D eigenvalue weighted by molar-refractivity contribution is 7.89. The largest absolute Gasteiger partial charge is 0.369 e. The Bertz CT molecular complexity index is 1030. The van der Waals surface area contributed by atoms with Gasteiger partial charge in [-0.1, -0.05) is 23.7 Å². The fourth-order valence-electron chi connectivity index (χ4n) is 3.53. The first-order valence-electron chi connectivity index (χ1n) is 10.2. The number of nitrogens with zero attached hydrogens (tertiary/aromatic N) is 3. The maximum absolute atomic E-state index is 12.6. The summed E-state index contributed by atoms with van der Waals surface area (Å²) in [5, 5.41) is 3.08. The molecule has 1 N–H and O–H groups in total. The average molecular weight is 465 g/mol. The van der Waals surface area contributed by atoms with Gasteiger partial charge in [0.25, 0.3) is 5.91 Å². The van der Waals surface area contributed by atoms with E-state index in [9.17, 15) is 13.2 Å². The third-order valence-electron chi connectivity index (χ3n) is 5.41. The Balaban J connectivity index is 1.52. The van der Waals surface area contributed by atoms with Crippen molar-refractivity contribution in [1.29, 1.82) is 0 Å². The summed E-state index contributed by atoms with van der Waals surface area (Å²) in [7, 11) is -0.743. The molecular weight excluding hydrogens is 436 g/mol. The van der Waals surface area contributed by atoms with E-state index in [1.807, 2.05) is 0 Å². The van der Waals surface area contributed by atoms with Crippen LogP contribution in [-0.2, 0) is 10.0 Å². The number of hydrogen-bond acceptors (Lipinski definition) is 5. The summed E-state index contributed by atoms with van der Waals surface area (Å²) in [6.45, 7) is 6.99. The van der Waals surface area contributed by atoms with Crippen molar-refractivity contribution in [2.45, 2.75) is 11.8 Å². The van der Waals surface area contributed by atoms with Crippen LogP contribution in [0.5, 0.6) is 0 Å². The Morgan fingerprint density at radius 1 is 1.10 bits per heavy atom. The van der Waals surface area contributed by atoms with E-state index in [0.29, 0.717) is 6.54 Å². The second-order valence-corrected chi connectivity index (χ2v) is 10.4. The van der Waals surface area contributed by atoms with Crippen LogP contribution in [-0.4, -0.2) is 76.9 Å². The predicted molar refractivity (Wildman–Crippen MR) is 124 cm³/mol. The molecule has 0 radical (unpaired) electrons. The minimum Gasteiger partial charge on any atom is -0.369 e. The van der Waals surface area contributed by atoms with Gasteiger partial charge < -0.3 is 10.2 Å². The SMILES string of the molecule is Cc1cccc(N2CCN(CCNC(=O)c3cc(S(=O)(=O)N(C)C)ccc3Cl)CC2)c1. The lowest BCUT2D eigenvalue weighted by atomic mass is 10.2. The lowest BCUT2D eigenvalue weighted by molar-refractivity contribution is 0.0947. The highest BCUT2D eigenvalue weighted by Crippen LogP contribution is 2.22. The van der Waals surface area contributed by atoms with Crippen LogP contribution in [0.1, 0.15) is 15.9 Å². The molecule has 31 heavy (non-hydrogen) atoms. The molecule has 0 atom stereocenters. The predicted octanol–water partition coefficient (Wildman–Crippen LogP) is 2.45. The quantitative estimate of drug-likeness (QED) is 0.681. The third kappa shape index (κ3) is 5.77. The first-order chi connectivity index (χ1) is 14.7. The summed E-state index contributed by atoms with van der Waals surface area (Å²) < 4.78 is 25.8. The molecule has 0 bridgehead atoms. The second kappa shape index (κ2) is 9.99. The van der Waals surface area contributed by atoms with Crippen LogP contribution in [0, 0.1) is 6.92 Å². The number of halogens is 1. The van der Waals surface area contributed by atoms with Crippen LogP contribution in [0.2, 0.25) is 5.02 Å². The fraction of sp³-hybridized carbons (Fsp3) is 0.409. The summed E-state index contributed by atoms with van der Waals surface area (Å²) in [5.74, 6) is -0.376. The van der Waals surface area contributed by atoms with Crippen LogP contribution in [0.3, 0.4) is 0 Å². The van der Waals surface area contributed by atoms with Crippen LogP contribution in [0.15, 0.2) is 47.4 Å². The number of piperazine rings is 1. The molecular formula is C22H29ClN4O3S. The van der Waals surface area contributed by atoms with Gasteiger partial charge in [-0.25, -0.2) is 12.7 Å². The number of carbonyl (C=O) groups excluding carboxylic acids is 1. The molecule has 1 aliphatic rings. The van der Waals surface area contributed by atoms with Crippen molar-refractivity contribution in [3.63, 3.8) is 0 Å². The Kier molecular flexibility index (Phi) is 7.59. The summed E-state index contributed by atoms with van der Waals surface area (Å²) in [4.78, 5) is 17.3. The van der Waals surface area contributed by atoms with Crippen molar-refractivity contribution in [3.8, 4) is 0 Å². The summed E-state index contributed by atoms with van der Waals surface area (Å²) in [6, 6.07) is 12.7. The number of aryl methyl sites for hydroxylation is 1. The zero-order chi connectivity index (χ0) is 22.6. The molecule has 7 nitrogen and oxygen atoms in total. The van der Waals surface area contributed by atoms with Gasteiger partial charge in [0.05, 0.1) is 15.5 Å². The lowest BCUT2D eigenvalue weighted by Crippen LogP contribution is -2.48. The molecule has 0 spiro atoms. The molecule has 0 aliphatic carbocycles. The van der Waals surface area contributed by atoms with Gasteiger partial charge in [-0.2, -0.15) is 0 Å². The normalized spacial score (nSPS) is 15.3. The van der Waals surface area contributed by atoms with Crippen molar-refractivity contribution in [1.82, 2.24) is 14.5 Å². The maximum Gasteiger partial charge on any atom is 0.252 e. The molecule has 1 fully saturated rings. The molecule has 0 unspecified atom stereocenters.